The van der Waals surface area contributed by atoms with Crippen LogP contribution in [0.2, 0.25) is 0 Å². The number of imidazole rings is 1. The summed E-state index contributed by atoms with van der Waals surface area (Å²) in [4.78, 5) is 16.4. The number of anilines is 1. The van der Waals surface area contributed by atoms with Crippen molar-refractivity contribution < 1.29 is 9.53 Å². The molecule has 0 spiro atoms. The van der Waals surface area contributed by atoms with E-state index in [1.165, 1.54) is 0 Å². The first-order valence-electron chi connectivity index (χ1n) is 7.95. The Morgan fingerprint density at radius 1 is 1.21 bits per heavy atom. The molecule has 0 aliphatic rings. The third-order valence-electron chi connectivity index (χ3n) is 3.50. The highest BCUT2D eigenvalue weighted by molar-refractivity contribution is 5.89. The van der Waals surface area contributed by atoms with Gasteiger partial charge in [-0.3, -0.25) is 0 Å². The van der Waals surface area contributed by atoms with Crippen LogP contribution in [0.25, 0.3) is 5.65 Å². The number of nitrogens with one attached hydrogen (secondary N) is 2. The number of urea groups is 1. The molecule has 0 aliphatic carbocycles. The molecular formula is C18H20N4O2. The molecule has 6 nitrogen and oxygen atoms in total. The molecule has 2 aromatic heterocycles. The van der Waals surface area contributed by atoms with Crippen molar-refractivity contribution in [2.75, 3.05) is 18.5 Å². The Balaban J connectivity index is 1.56. The largest absolute Gasteiger partial charge is 0.490 e. The second-order valence-corrected chi connectivity index (χ2v) is 5.27. The van der Waals surface area contributed by atoms with E-state index in [-0.39, 0.29) is 6.03 Å². The molecule has 2 amide bonds. The number of pyridine rings is 1. The monoisotopic (exact) mass is 324 g/mol. The van der Waals surface area contributed by atoms with Crippen LogP contribution >= 0.6 is 0 Å². The molecule has 2 heterocycles. The molecule has 3 aromatic rings. The smallest absolute Gasteiger partial charge is 0.319 e. The average Bonchev–Trinajstić information content (AvgIpc) is 3.00. The third-order valence-corrected chi connectivity index (χ3v) is 3.50. The van der Waals surface area contributed by atoms with Crippen LogP contribution in [-0.4, -0.2) is 28.6 Å². The summed E-state index contributed by atoms with van der Waals surface area (Å²) < 4.78 is 7.51. The lowest BCUT2D eigenvalue weighted by molar-refractivity contribution is 0.252. The Bertz CT molecular complexity index is 814. The van der Waals surface area contributed by atoms with Gasteiger partial charge in [-0.15, -0.1) is 0 Å². The van der Waals surface area contributed by atoms with Gasteiger partial charge in [-0.05, 0) is 31.2 Å². The van der Waals surface area contributed by atoms with Crippen LogP contribution < -0.4 is 15.4 Å². The molecule has 0 unspecified atom stereocenters. The maximum atomic E-state index is 11.8. The van der Waals surface area contributed by atoms with E-state index in [9.17, 15) is 4.79 Å². The minimum atomic E-state index is -0.222. The highest BCUT2D eigenvalue weighted by Crippen LogP contribution is 2.19. The first-order valence-corrected chi connectivity index (χ1v) is 7.95. The lowest BCUT2D eigenvalue weighted by atomic mass is 10.3. The van der Waals surface area contributed by atoms with E-state index in [4.69, 9.17) is 4.74 Å². The summed E-state index contributed by atoms with van der Waals surface area (Å²) in [6.45, 7) is 3.05. The Kier molecular flexibility index (Phi) is 4.96. The maximum absolute atomic E-state index is 11.8. The molecule has 3 rings (SSSR count). The number of carbonyl (C=O) groups excluding carboxylic acids is 1. The number of rotatable bonds is 6. The van der Waals surface area contributed by atoms with E-state index in [2.05, 4.69) is 15.6 Å². The van der Waals surface area contributed by atoms with Crippen LogP contribution in [0.15, 0.2) is 54.9 Å². The predicted octanol–water partition coefficient (Wildman–Crippen LogP) is 3.10. The second-order valence-electron chi connectivity index (χ2n) is 5.27. The molecule has 0 radical (unpaired) electrons. The molecule has 124 valence electrons. The van der Waals surface area contributed by atoms with E-state index in [1.54, 1.807) is 0 Å². The fraction of sp³-hybridized carbons (Fsp3) is 0.222. The molecule has 0 bridgehead atoms. The standard InChI is InChI=1S/C18H20N4O2/c1-2-24-16-9-6-12-22-13-15(20-17(16)22)10-11-19-18(23)21-14-7-4-3-5-8-14/h3-9,12-13H,2,10-11H2,1H3,(H2,19,21,23). The highest BCUT2D eigenvalue weighted by atomic mass is 16.5. The summed E-state index contributed by atoms with van der Waals surface area (Å²) in [7, 11) is 0. The van der Waals surface area contributed by atoms with Gasteiger partial charge in [0.2, 0.25) is 0 Å². The first-order chi connectivity index (χ1) is 11.8. The lowest BCUT2D eigenvalue weighted by Gasteiger charge is -2.06. The lowest BCUT2D eigenvalue weighted by Crippen LogP contribution is -2.30. The van der Waals surface area contributed by atoms with Crippen LogP contribution in [0, 0.1) is 0 Å². The second kappa shape index (κ2) is 7.50. The number of hydrogen-bond acceptors (Lipinski definition) is 3. The third kappa shape index (κ3) is 3.84. The maximum Gasteiger partial charge on any atom is 0.319 e. The van der Waals surface area contributed by atoms with Crippen molar-refractivity contribution in [3.05, 3.63) is 60.6 Å². The van der Waals surface area contributed by atoms with Crippen LogP contribution in [0.1, 0.15) is 12.6 Å². The van der Waals surface area contributed by atoms with E-state index < -0.39 is 0 Å². The molecule has 6 heteroatoms. The van der Waals surface area contributed by atoms with Gasteiger partial charge in [0.15, 0.2) is 11.4 Å². The number of amides is 2. The van der Waals surface area contributed by atoms with Gasteiger partial charge in [0.25, 0.3) is 0 Å². The number of benzene rings is 1. The van der Waals surface area contributed by atoms with Gasteiger partial charge in [-0.25, -0.2) is 9.78 Å². The Labute approximate surface area is 140 Å². The first kappa shape index (κ1) is 15.9. The van der Waals surface area contributed by atoms with Crippen LogP contribution in [-0.2, 0) is 6.42 Å². The number of carbonyl (C=O) groups is 1. The van der Waals surface area contributed by atoms with E-state index in [0.29, 0.717) is 19.6 Å². The molecular weight excluding hydrogens is 304 g/mol. The van der Waals surface area contributed by atoms with E-state index in [0.717, 1.165) is 22.8 Å². The van der Waals surface area contributed by atoms with Gasteiger partial charge in [0.05, 0.1) is 12.3 Å². The van der Waals surface area contributed by atoms with E-state index in [1.807, 2.05) is 66.2 Å². The number of fused-ring (bicyclic) bond motifs is 1. The van der Waals surface area contributed by atoms with Gasteiger partial charge in [-0.1, -0.05) is 18.2 Å². The molecule has 24 heavy (non-hydrogen) atoms. The zero-order valence-corrected chi connectivity index (χ0v) is 13.5. The fourth-order valence-electron chi connectivity index (χ4n) is 2.43. The topological polar surface area (TPSA) is 67.7 Å². The van der Waals surface area contributed by atoms with Gasteiger partial charge in [0.1, 0.15) is 0 Å². The van der Waals surface area contributed by atoms with Crippen LogP contribution in [0.3, 0.4) is 0 Å². The van der Waals surface area contributed by atoms with Crippen molar-refractivity contribution in [3.63, 3.8) is 0 Å². The zero-order valence-electron chi connectivity index (χ0n) is 13.5. The van der Waals surface area contributed by atoms with Gasteiger partial charge in [0, 0.05) is 31.0 Å². The van der Waals surface area contributed by atoms with Crippen molar-refractivity contribution in [1.29, 1.82) is 0 Å². The summed E-state index contributed by atoms with van der Waals surface area (Å²) in [6.07, 6.45) is 4.54. The number of nitrogens with zero attached hydrogens (tertiary/aromatic N) is 2. The zero-order chi connectivity index (χ0) is 16.8. The number of aromatic nitrogens is 2. The van der Waals surface area contributed by atoms with Crippen molar-refractivity contribution >= 4 is 17.4 Å². The Morgan fingerprint density at radius 2 is 2.04 bits per heavy atom. The summed E-state index contributed by atoms with van der Waals surface area (Å²) in [5.41, 5.74) is 2.47. The van der Waals surface area contributed by atoms with Gasteiger partial charge >= 0.3 is 6.03 Å². The predicted molar refractivity (Wildman–Crippen MR) is 93.5 cm³/mol. The number of ether oxygens (including phenoxy) is 1. The quantitative estimate of drug-likeness (QED) is 0.732. The number of hydrogen-bond donors (Lipinski definition) is 2. The SMILES string of the molecule is CCOc1cccn2cc(CCNC(=O)Nc3ccccc3)nc12. The normalized spacial score (nSPS) is 10.5. The summed E-state index contributed by atoms with van der Waals surface area (Å²) >= 11 is 0. The number of para-hydroxylation sites is 1. The van der Waals surface area contributed by atoms with Crippen molar-refractivity contribution in [3.8, 4) is 5.75 Å². The van der Waals surface area contributed by atoms with Crippen molar-refractivity contribution in [1.82, 2.24) is 14.7 Å². The minimum absolute atomic E-state index is 0.222. The summed E-state index contributed by atoms with van der Waals surface area (Å²) in [5.74, 6) is 0.765. The summed E-state index contributed by atoms with van der Waals surface area (Å²) in [5, 5.41) is 5.62. The molecule has 0 aliphatic heterocycles. The molecule has 2 N–H and O–H groups in total. The summed E-state index contributed by atoms with van der Waals surface area (Å²) in [6, 6.07) is 13.0. The molecule has 1 aromatic carbocycles. The van der Waals surface area contributed by atoms with Gasteiger partial charge in [-0.2, -0.15) is 0 Å². The Morgan fingerprint density at radius 3 is 2.83 bits per heavy atom. The molecule has 0 saturated carbocycles. The van der Waals surface area contributed by atoms with Crippen molar-refractivity contribution in [2.24, 2.45) is 0 Å². The fourth-order valence-corrected chi connectivity index (χ4v) is 2.43. The Hall–Kier alpha value is -3.02. The molecule has 0 saturated heterocycles. The van der Waals surface area contributed by atoms with E-state index >= 15 is 0 Å². The van der Waals surface area contributed by atoms with Crippen LogP contribution in [0.5, 0.6) is 5.75 Å². The highest BCUT2D eigenvalue weighted by Gasteiger charge is 2.07. The molecule has 0 atom stereocenters. The van der Waals surface area contributed by atoms with Crippen molar-refractivity contribution in [2.45, 2.75) is 13.3 Å². The van der Waals surface area contributed by atoms with Crippen LogP contribution in [0.4, 0.5) is 10.5 Å². The van der Waals surface area contributed by atoms with Gasteiger partial charge < -0.3 is 19.8 Å². The average molecular weight is 324 g/mol. The minimum Gasteiger partial charge on any atom is -0.490 e. The molecule has 0 fully saturated rings.